The number of benzene rings is 1. The molecule has 5 nitrogen and oxygen atoms in total. The van der Waals surface area contributed by atoms with E-state index in [0.29, 0.717) is 18.5 Å². The molecule has 6 heteroatoms. The van der Waals surface area contributed by atoms with Crippen LogP contribution in [0.4, 0.5) is 0 Å². The van der Waals surface area contributed by atoms with E-state index in [1.54, 1.807) is 6.07 Å². The summed E-state index contributed by atoms with van der Waals surface area (Å²) in [5.41, 5.74) is 7.97. The van der Waals surface area contributed by atoms with Crippen molar-refractivity contribution < 1.29 is 14.8 Å². The van der Waals surface area contributed by atoms with Crippen LogP contribution in [0.1, 0.15) is 16.8 Å². The molecule has 0 fully saturated rings. The highest BCUT2D eigenvalue weighted by molar-refractivity contribution is 6.44. The second-order valence-corrected chi connectivity index (χ2v) is 5.50. The molecule has 0 bridgehead atoms. The van der Waals surface area contributed by atoms with Crippen LogP contribution in [-0.4, -0.2) is 27.6 Å². The fraction of sp³-hybridized carbons (Fsp3) is 0.188. The maximum absolute atomic E-state index is 11.5. The summed E-state index contributed by atoms with van der Waals surface area (Å²) < 4.78 is 2.05. The van der Waals surface area contributed by atoms with E-state index in [2.05, 4.69) is 0 Å². The predicted molar refractivity (Wildman–Crippen MR) is 86.2 cm³/mol. The van der Waals surface area contributed by atoms with E-state index in [4.69, 9.17) is 5.73 Å². The molecule has 22 heavy (non-hydrogen) atoms. The van der Waals surface area contributed by atoms with E-state index in [1.807, 2.05) is 47.2 Å². The van der Waals surface area contributed by atoms with Crippen molar-refractivity contribution >= 4 is 23.9 Å². The normalized spacial score (nSPS) is 17.5. The van der Waals surface area contributed by atoms with Gasteiger partial charge in [-0.25, -0.2) is 0 Å². The van der Waals surface area contributed by atoms with Crippen molar-refractivity contribution in [2.45, 2.75) is 18.8 Å². The molecule has 0 saturated carbocycles. The van der Waals surface area contributed by atoms with Gasteiger partial charge in [-0.15, -0.1) is 0 Å². The van der Waals surface area contributed by atoms with E-state index in [0.717, 1.165) is 16.5 Å². The molecule has 1 aliphatic rings. The highest BCUT2D eigenvalue weighted by atomic mass is 16.4. The number of carbonyl (C=O) groups excluding carboxylic acids is 1. The minimum Gasteiger partial charge on any atom is -0.427 e. The molecule has 1 aromatic heterocycles. The molecule has 0 radical (unpaired) electrons. The minimum absolute atomic E-state index is 0.244. The van der Waals surface area contributed by atoms with Crippen LogP contribution in [0.3, 0.4) is 0 Å². The van der Waals surface area contributed by atoms with E-state index in [1.165, 1.54) is 0 Å². The molecule has 0 aliphatic heterocycles. The number of rotatable bonds is 4. The average Bonchev–Trinajstić information content (AvgIpc) is 2.91. The predicted octanol–water partition coefficient (Wildman–Crippen LogP) is 1.47. The van der Waals surface area contributed by atoms with Crippen LogP contribution in [0.5, 0.6) is 0 Å². The van der Waals surface area contributed by atoms with Crippen molar-refractivity contribution in [1.29, 1.82) is 0 Å². The Kier molecular flexibility index (Phi) is 3.87. The molecular formula is C16H17BN2O3. The Hall–Kier alpha value is -2.31. The maximum Gasteiger partial charge on any atom is 0.459 e. The molecule has 1 heterocycles. The third kappa shape index (κ3) is 2.71. The Bertz CT molecular complexity index is 777. The van der Waals surface area contributed by atoms with Crippen molar-refractivity contribution in [1.82, 2.24) is 4.57 Å². The first kappa shape index (κ1) is 14.6. The van der Waals surface area contributed by atoms with Crippen molar-refractivity contribution in [2.75, 3.05) is 0 Å². The van der Waals surface area contributed by atoms with E-state index < -0.39 is 13.0 Å². The second-order valence-electron chi connectivity index (χ2n) is 5.50. The molecule has 1 aliphatic carbocycles. The number of nitrogens with two attached hydrogens (primary N) is 1. The quantitative estimate of drug-likeness (QED) is 0.746. The van der Waals surface area contributed by atoms with Gasteiger partial charge in [-0.2, -0.15) is 0 Å². The number of aromatic nitrogens is 1. The summed E-state index contributed by atoms with van der Waals surface area (Å²) in [6, 6.07) is 7.39. The Morgan fingerprint density at radius 1 is 1.36 bits per heavy atom. The molecular weight excluding hydrogens is 279 g/mol. The Morgan fingerprint density at radius 2 is 2.18 bits per heavy atom. The van der Waals surface area contributed by atoms with Gasteiger partial charge in [0.1, 0.15) is 0 Å². The molecule has 0 spiro atoms. The molecule has 3 rings (SSSR count). The van der Waals surface area contributed by atoms with E-state index in [9.17, 15) is 14.8 Å². The van der Waals surface area contributed by atoms with Crippen LogP contribution in [0.2, 0.25) is 5.82 Å². The summed E-state index contributed by atoms with van der Waals surface area (Å²) in [6.45, 7) is 0.663. The number of nitrogens with zero attached hydrogens (tertiary/aromatic N) is 1. The van der Waals surface area contributed by atoms with Crippen LogP contribution in [0.25, 0.3) is 10.9 Å². The zero-order chi connectivity index (χ0) is 15.7. The van der Waals surface area contributed by atoms with Crippen molar-refractivity contribution in [3.05, 3.63) is 59.8 Å². The van der Waals surface area contributed by atoms with Gasteiger partial charge >= 0.3 is 7.12 Å². The topological polar surface area (TPSA) is 88.5 Å². The maximum atomic E-state index is 11.5. The fourth-order valence-corrected chi connectivity index (χ4v) is 2.79. The number of fused-ring (bicyclic) bond motifs is 1. The summed E-state index contributed by atoms with van der Waals surface area (Å²) in [5.74, 6) is -0.675. The summed E-state index contributed by atoms with van der Waals surface area (Å²) >= 11 is 0. The molecule has 1 unspecified atom stereocenters. The molecule has 112 valence electrons. The van der Waals surface area contributed by atoms with E-state index in [-0.39, 0.29) is 5.82 Å². The first-order valence-electron chi connectivity index (χ1n) is 7.17. The van der Waals surface area contributed by atoms with Gasteiger partial charge in [0.25, 0.3) is 0 Å². The fourth-order valence-electron chi connectivity index (χ4n) is 2.79. The first-order chi connectivity index (χ1) is 10.6. The second kappa shape index (κ2) is 5.83. The molecule has 1 aromatic carbocycles. The van der Waals surface area contributed by atoms with Gasteiger partial charge in [-0.1, -0.05) is 24.3 Å². The smallest absolute Gasteiger partial charge is 0.427 e. The number of carbonyl (C=O) groups is 1. The lowest BCUT2D eigenvalue weighted by molar-refractivity contribution is 0.100. The molecule has 0 saturated heterocycles. The lowest BCUT2D eigenvalue weighted by Gasteiger charge is -2.16. The number of amides is 1. The highest BCUT2D eigenvalue weighted by Crippen LogP contribution is 2.25. The number of allylic oxidation sites excluding steroid dienone is 4. The van der Waals surface area contributed by atoms with Crippen LogP contribution < -0.4 is 5.73 Å². The number of hydrogen-bond donors (Lipinski definition) is 3. The Morgan fingerprint density at radius 3 is 2.82 bits per heavy atom. The molecule has 1 atom stereocenters. The van der Waals surface area contributed by atoms with Gasteiger partial charge < -0.3 is 20.3 Å². The van der Waals surface area contributed by atoms with Gasteiger partial charge in [0.05, 0.1) is 0 Å². The molecule has 2 aromatic rings. The van der Waals surface area contributed by atoms with Gasteiger partial charge in [0.2, 0.25) is 5.91 Å². The van der Waals surface area contributed by atoms with Crippen LogP contribution >= 0.6 is 0 Å². The van der Waals surface area contributed by atoms with Crippen molar-refractivity contribution in [2.24, 2.45) is 5.73 Å². The van der Waals surface area contributed by atoms with Gasteiger partial charge in [0.15, 0.2) is 0 Å². The SMILES string of the molecule is NC(=O)c1cccc2c1ccn2CC1=CCC(B(O)O)C=C1. The zero-order valence-corrected chi connectivity index (χ0v) is 12.0. The Balaban J connectivity index is 1.86. The van der Waals surface area contributed by atoms with Crippen molar-refractivity contribution in [3.8, 4) is 0 Å². The highest BCUT2D eigenvalue weighted by Gasteiger charge is 2.21. The van der Waals surface area contributed by atoms with Crippen LogP contribution in [0.15, 0.2) is 54.3 Å². The van der Waals surface area contributed by atoms with Crippen molar-refractivity contribution in [3.63, 3.8) is 0 Å². The lowest BCUT2D eigenvalue weighted by atomic mass is 9.69. The summed E-state index contributed by atoms with van der Waals surface area (Å²) in [6.07, 6.45) is 8.28. The third-order valence-electron chi connectivity index (χ3n) is 4.02. The average molecular weight is 296 g/mol. The summed E-state index contributed by atoms with van der Waals surface area (Å²) in [7, 11) is -1.32. The largest absolute Gasteiger partial charge is 0.459 e. The lowest BCUT2D eigenvalue weighted by Crippen LogP contribution is -2.19. The standard InChI is InChI=1S/C16H17BN2O3/c18-16(20)14-2-1-3-15-13(14)8-9-19(15)10-11-4-6-12(7-5-11)17(21)22/h1-6,8-9,12,21-22H,7,10H2,(H2,18,20). The Labute approximate surface area is 128 Å². The monoisotopic (exact) mass is 296 g/mol. The summed E-state index contributed by atoms with van der Waals surface area (Å²) in [5, 5.41) is 19.2. The third-order valence-corrected chi connectivity index (χ3v) is 4.02. The van der Waals surface area contributed by atoms with E-state index >= 15 is 0 Å². The number of hydrogen-bond acceptors (Lipinski definition) is 3. The van der Waals surface area contributed by atoms with Gasteiger partial charge in [-0.3, -0.25) is 4.79 Å². The zero-order valence-electron chi connectivity index (χ0n) is 12.0. The van der Waals surface area contributed by atoms with Gasteiger partial charge in [0, 0.05) is 35.0 Å². The number of primary amides is 1. The van der Waals surface area contributed by atoms with Crippen LogP contribution in [0, 0.1) is 0 Å². The molecule has 1 amide bonds. The molecule has 4 N–H and O–H groups in total. The van der Waals surface area contributed by atoms with Gasteiger partial charge in [-0.05, 0) is 30.2 Å². The minimum atomic E-state index is -1.32. The first-order valence-corrected chi connectivity index (χ1v) is 7.17. The van der Waals surface area contributed by atoms with Crippen LogP contribution in [-0.2, 0) is 6.54 Å². The summed E-state index contributed by atoms with van der Waals surface area (Å²) in [4.78, 5) is 11.5.